The van der Waals surface area contributed by atoms with Crippen molar-refractivity contribution in [2.45, 2.75) is 63.8 Å². The first-order chi connectivity index (χ1) is 12.1. The lowest BCUT2D eigenvalue weighted by molar-refractivity contribution is -0.914. The maximum Gasteiger partial charge on any atom is 0.329 e. The lowest BCUT2D eigenvalue weighted by Crippen LogP contribution is -3.15. The monoisotopic (exact) mass is 352 g/mol. The Morgan fingerprint density at radius 3 is 2.64 bits per heavy atom. The van der Waals surface area contributed by atoms with Gasteiger partial charge in [0.1, 0.15) is 11.5 Å². The normalized spacial score (nSPS) is 29.4. The number of urea groups is 1. The summed E-state index contributed by atoms with van der Waals surface area (Å²) in [5.41, 5.74) is -0.677. The van der Waals surface area contributed by atoms with Crippen molar-refractivity contribution in [1.82, 2.24) is 10.2 Å². The summed E-state index contributed by atoms with van der Waals surface area (Å²) in [4.78, 5) is 39.9. The quantitative estimate of drug-likeness (QED) is 0.569. The fraction of sp³-hybridized carbons (Fsp3) is 0.833. The van der Waals surface area contributed by atoms with Crippen molar-refractivity contribution in [1.29, 1.82) is 0 Å². The van der Waals surface area contributed by atoms with E-state index in [0.29, 0.717) is 19.8 Å². The highest BCUT2D eigenvalue weighted by molar-refractivity contribution is 6.06. The van der Waals surface area contributed by atoms with E-state index in [2.05, 4.69) is 5.32 Å². The summed E-state index contributed by atoms with van der Waals surface area (Å²) in [5.74, 6) is -0.349. The van der Waals surface area contributed by atoms with E-state index in [1.807, 2.05) is 6.92 Å². The zero-order valence-corrected chi connectivity index (χ0v) is 15.1. The molecule has 1 spiro atoms. The van der Waals surface area contributed by atoms with Crippen LogP contribution in [0, 0.1) is 5.92 Å². The predicted octanol–water partition coefficient (Wildman–Crippen LogP) is 0.447. The van der Waals surface area contributed by atoms with E-state index in [-0.39, 0.29) is 23.8 Å². The van der Waals surface area contributed by atoms with Gasteiger partial charge in [-0.2, -0.15) is 0 Å². The Morgan fingerprint density at radius 2 is 1.96 bits per heavy atom. The van der Waals surface area contributed by atoms with Crippen LogP contribution in [0.25, 0.3) is 0 Å². The second kappa shape index (κ2) is 7.72. The highest BCUT2D eigenvalue weighted by Gasteiger charge is 2.52. The van der Waals surface area contributed by atoms with Crippen LogP contribution in [-0.2, 0) is 14.3 Å². The van der Waals surface area contributed by atoms with E-state index in [9.17, 15) is 14.4 Å². The van der Waals surface area contributed by atoms with E-state index >= 15 is 0 Å². The highest BCUT2D eigenvalue weighted by Crippen LogP contribution is 2.32. The largest absolute Gasteiger partial charge is 0.466 e. The molecule has 2 heterocycles. The lowest BCUT2D eigenvalue weighted by atomic mass is 9.90. The predicted molar refractivity (Wildman–Crippen MR) is 90.7 cm³/mol. The third-order valence-corrected chi connectivity index (χ3v) is 5.82. The van der Waals surface area contributed by atoms with Crippen LogP contribution < -0.4 is 10.2 Å². The summed E-state index contributed by atoms with van der Waals surface area (Å²) in [7, 11) is 0. The van der Waals surface area contributed by atoms with Crippen molar-refractivity contribution in [3.05, 3.63) is 0 Å². The number of hydrogen-bond acceptors (Lipinski definition) is 4. The standard InChI is InChI=1S/C18H29N3O4/c1-2-25-15(22)14-8-7-11-20(12-14)13-21-16(23)18(19-17(21)24)9-5-3-4-6-10-18/h14H,2-13H2,1H3,(H,19,24)/p+1/t14-/m1/s1. The summed E-state index contributed by atoms with van der Waals surface area (Å²) in [5, 5.41) is 2.99. The molecule has 0 aromatic rings. The molecule has 1 saturated carbocycles. The molecular weight excluding hydrogens is 322 g/mol. The summed E-state index contributed by atoms with van der Waals surface area (Å²) >= 11 is 0. The molecule has 1 aliphatic carbocycles. The van der Waals surface area contributed by atoms with E-state index < -0.39 is 5.54 Å². The zero-order valence-electron chi connectivity index (χ0n) is 15.1. The van der Waals surface area contributed by atoms with Crippen molar-refractivity contribution < 1.29 is 24.0 Å². The Morgan fingerprint density at radius 1 is 1.24 bits per heavy atom. The van der Waals surface area contributed by atoms with Crippen LogP contribution in [-0.4, -0.2) is 54.7 Å². The Labute approximate surface area is 149 Å². The number of piperidine rings is 1. The molecule has 25 heavy (non-hydrogen) atoms. The SMILES string of the molecule is CCOC(=O)[C@@H]1CCC[NH+](CN2C(=O)NC3(CCCCCC3)C2=O)C1. The summed E-state index contributed by atoms with van der Waals surface area (Å²) in [6.07, 6.45) is 7.46. The van der Waals surface area contributed by atoms with Gasteiger partial charge in [0.15, 0.2) is 6.67 Å². The van der Waals surface area contributed by atoms with Crippen LogP contribution in [0.15, 0.2) is 0 Å². The second-order valence-corrected chi connectivity index (χ2v) is 7.61. The molecule has 1 unspecified atom stereocenters. The van der Waals surface area contributed by atoms with Crippen molar-refractivity contribution in [3.63, 3.8) is 0 Å². The fourth-order valence-electron chi connectivity index (χ4n) is 4.47. The first-order valence-corrected chi connectivity index (χ1v) is 9.70. The van der Waals surface area contributed by atoms with Gasteiger partial charge >= 0.3 is 12.0 Å². The Kier molecular flexibility index (Phi) is 5.61. The fourth-order valence-corrected chi connectivity index (χ4v) is 4.47. The minimum Gasteiger partial charge on any atom is -0.466 e. The van der Waals surface area contributed by atoms with Gasteiger partial charge in [0, 0.05) is 0 Å². The number of hydrogen-bond donors (Lipinski definition) is 2. The number of ether oxygens (including phenoxy) is 1. The van der Waals surface area contributed by atoms with Crippen LogP contribution in [0.2, 0.25) is 0 Å². The van der Waals surface area contributed by atoms with E-state index in [4.69, 9.17) is 4.74 Å². The average molecular weight is 352 g/mol. The van der Waals surface area contributed by atoms with Gasteiger partial charge in [-0.05, 0) is 32.6 Å². The third kappa shape index (κ3) is 3.81. The number of nitrogens with zero attached hydrogens (tertiary/aromatic N) is 1. The first kappa shape index (κ1) is 18.2. The highest BCUT2D eigenvalue weighted by atomic mass is 16.5. The van der Waals surface area contributed by atoms with Crippen LogP contribution in [0.4, 0.5) is 4.79 Å². The number of nitrogens with one attached hydrogen (secondary N) is 2. The molecule has 140 valence electrons. The van der Waals surface area contributed by atoms with Gasteiger partial charge in [0.05, 0.1) is 19.7 Å². The van der Waals surface area contributed by atoms with Gasteiger partial charge < -0.3 is 15.0 Å². The van der Waals surface area contributed by atoms with E-state index in [1.54, 1.807) is 0 Å². The summed E-state index contributed by atoms with van der Waals surface area (Å²) < 4.78 is 5.13. The molecule has 0 aromatic carbocycles. The van der Waals surface area contributed by atoms with E-state index in [1.165, 1.54) is 4.90 Å². The summed E-state index contributed by atoms with van der Waals surface area (Å²) in [6, 6.07) is -0.266. The Balaban J connectivity index is 1.63. The van der Waals surface area contributed by atoms with Crippen molar-refractivity contribution in [2.24, 2.45) is 5.92 Å². The molecular formula is C18H30N3O4+. The zero-order chi connectivity index (χ0) is 17.9. The van der Waals surface area contributed by atoms with Gasteiger partial charge in [-0.1, -0.05) is 25.7 Å². The van der Waals surface area contributed by atoms with Crippen LogP contribution in [0.3, 0.4) is 0 Å². The van der Waals surface area contributed by atoms with Crippen molar-refractivity contribution in [3.8, 4) is 0 Å². The smallest absolute Gasteiger partial charge is 0.329 e. The van der Waals surface area contributed by atoms with Crippen molar-refractivity contribution in [2.75, 3.05) is 26.4 Å². The number of likely N-dealkylation sites (tertiary alicyclic amines) is 1. The molecule has 2 N–H and O–H groups in total. The van der Waals surface area contributed by atoms with Crippen LogP contribution >= 0.6 is 0 Å². The molecule has 0 radical (unpaired) electrons. The molecule has 0 bridgehead atoms. The third-order valence-electron chi connectivity index (χ3n) is 5.82. The van der Waals surface area contributed by atoms with Gasteiger partial charge in [-0.15, -0.1) is 0 Å². The van der Waals surface area contributed by atoms with Gasteiger partial charge in [0.2, 0.25) is 0 Å². The number of carbonyl (C=O) groups excluding carboxylic acids is 3. The molecule has 2 saturated heterocycles. The Bertz CT molecular complexity index is 528. The maximum absolute atomic E-state index is 13.0. The number of quaternary nitrogens is 1. The number of amides is 3. The van der Waals surface area contributed by atoms with E-state index in [0.717, 1.165) is 62.8 Å². The topological polar surface area (TPSA) is 80.2 Å². The minimum atomic E-state index is -0.677. The van der Waals surface area contributed by atoms with Gasteiger partial charge in [-0.3, -0.25) is 9.59 Å². The molecule has 2 atom stereocenters. The number of imide groups is 1. The molecule has 3 fully saturated rings. The molecule has 3 rings (SSSR count). The van der Waals surface area contributed by atoms with Crippen molar-refractivity contribution >= 4 is 17.9 Å². The number of carbonyl (C=O) groups is 3. The van der Waals surface area contributed by atoms with Crippen LogP contribution in [0.5, 0.6) is 0 Å². The van der Waals surface area contributed by atoms with Gasteiger partial charge in [0.25, 0.3) is 5.91 Å². The van der Waals surface area contributed by atoms with Crippen LogP contribution in [0.1, 0.15) is 58.3 Å². The maximum atomic E-state index is 13.0. The molecule has 3 amide bonds. The Hall–Kier alpha value is -1.63. The average Bonchev–Trinajstić information content (AvgIpc) is 2.77. The minimum absolute atomic E-state index is 0.0647. The number of esters is 1. The van der Waals surface area contributed by atoms with Gasteiger partial charge in [-0.25, -0.2) is 9.69 Å². The molecule has 7 heteroatoms. The molecule has 7 nitrogen and oxygen atoms in total. The summed E-state index contributed by atoms with van der Waals surface area (Å²) in [6.45, 7) is 4.05. The lowest BCUT2D eigenvalue weighted by Gasteiger charge is -2.31. The first-order valence-electron chi connectivity index (χ1n) is 9.70. The molecule has 2 aliphatic heterocycles. The second-order valence-electron chi connectivity index (χ2n) is 7.61. The molecule has 3 aliphatic rings. The molecule has 0 aromatic heterocycles. The number of rotatable bonds is 4.